The van der Waals surface area contributed by atoms with Crippen molar-refractivity contribution in [3.8, 4) is 0 Å². The maximum absolute atomic E-state index is 11.8. The minimum atomic E-state index is -0.451. The van der Waals surface area contributed by atoms with Crippen molar-refractivity contribution in [1.82, 2.24) is 9.97 Å². The van der Waals surface area contributed by atoms with Gasteiger partial charge in [0.15, 0.2) is 0 Å². The molecule has 0 fully saturated rings. The SMILES string of the molecule is C=C(O)c1cc(NC(=O)Nc2ccnc(Cl)c2)ccn1. The number of carbonyl (C=O) groups excluding carboxylic acids is 1. The molecule has 3 N–H and O–H groups in total. The van der Waals surface area contributed by atoms with Crippen molar-refractivity contribution < 1.29 is 9.90 Å². The minimum Gasteiger partial charge on any atom is -0.506 e. The normalized spacial score (nSPS) is 9.85. The van der Waals surface area contributed by atoms with Crippen LogP contribution in [0.2, 0.25) is 5.15 Å². The molecule has 0 saturated heterocycles. The van der Waals surface area contributed by atoms with Crippen LogP contribution in [0.5, 0.6) is 0 Å². The Morgan fingerprint density at radius 1 is 1.15 bits per heavy atom. The van der Waals surface area contributed by atoms with Crippen molar-refractivity contribution in [3.05, 3.63) is 54.1 Å². The van der Waals surface area contributed by atoms with Crippen LogP contribution < -0.4 is 10.6 Å². The zero-order chi connectivity index (χ0) is 14.5. The Labute approximate surface area is 120 Å². The fourth-order valence-corrected chi connectivity index (χ4v) is 1.61. The number of aromatic nitrogens is 2. The Morgan fingerprint density at radius 3 is 2.35 bits per heavy atom. The number of aliphatic hydroxyl groups excluding tert-OH is 1. The van der Waals surface area contributed by atoms with E-state index in [0.29, 0.717) is 11.4 Å². The second kappa shape index (κ2) is 6.03. The standard InChI is InChI=1S/C13H11ClN4O2/c1-8(19)11-6-9(2-4-15-11)17-13(20)18-10-3-5-16-12(14)7-10/h2-7,19H,1H2,(H2,15,16,17,18,20). The highest BCUT2D eigenvalue weighted by molar-refractivity contribution is 6.29. The number of amides is 2. The first-order valence-electron chi connectivity index (χ1n) is 5.58. The van der Waals surface area contributed by atoms with E-state index in [1.54, 1.807) is 12.1 Å². The van der Waals surface area contributed by atoms with Crippen LogP contribution in [0.1, 0.15) is 5.69 Å². The van der Waals surface area contributed by atoms with Crippen LogP contribution in [0, 0.1) is 0 Å². The predicted molar refractivity (Wildman–Crippen MR) is 77.8 cm³/mol. The molecule has 0 aliphatic heterocycles. The maximum Gasteiger partial charge on any atom is 0.323 e. The Balaban J connectivity index is 2.04. The molecule has 0 bridgehead atoms. The van der Waals surface area contributed by atoms with E-state index in [1.807, 2.05) is 0 Å². The summed E-state index contributed by atoms with van der Waals surface area (Å²) < 4.78 is 0. The zero-order valence-electron chi connectivity index (χ0n) is 10.3. The van der Waals surface area contributed by atoms with Gasteiger partial charge in [-0.05, 0) is 24.3 Å². The van der Waals surface area contributed by atoms with Crippen molar-refractivity contribution in [3.63, 3.8) is 0 Å². The van der Waals surface area contributed by atoms with Crippen molar-refractivity contribution in [2.45, 2.75) is 0 Å². The molecule has 0 radical (unpaired) electrons. The van der Waals surface area contributed by atoms with Gasteiger partial charge in [-0.2, -0.15) is 0 Å². The zero-order valence-corrected chi connectivity index (χ0v) is 11.1. The molecule has 6 nitrogen and oxygen atoms in total. The fourth-order valence-electron chi connectivity index (χ4n) is 1.44. The van der Waals surface area contributed by atoms with E-state index in [4.69, 9.17) is 11.6 Å². The smallest absolute Gasteiger partial charge is 0.323 e. The lowest BCUT2D eigenvalue weighted by atomic mass is 10.3. The highest BCUT2D eigenvalue weighted by atomic mass is 35.5. The monoisotopic (exact) mass is 290 g/mol. The molecule has 20 heavy (non-hydrogen) atoms. The number of halogens is 1. The number of nitrogens with one attached hydrogen (secondary N) is 2. The molecule has 0 unspecified atom stereocenters. The molecule has 0 atom stereocenters. The Hall–Kier alpha value is -2.60. The third-order valence-corrected chi connectivity index (χ3v) is 2.50. The number of hydrogen-bond acceptors (Lipinski definition) is 4. The van der Waals surface area contributed by atoms with Gasteiger partial charge in [0.2, 0.25) is 0 Å². The van der Waals surface area contributed by atoms with Crippen molar-refractivity contribution >= 4 is 34.8 Å². The number of anilines is 2. The number of pyridine rings is 2. The van der Waals surface area contributed by atoms with Gasteiger partial charge in [-0.3, -0.25) is 4.98 Å². The third-order valence-electron chi connectivity index (χ3n) is 2.30. The fraction of sp³-hybridized carbons (Fsp3) is 0. The van der Waals surface area contributed by atoms with Gasteiger partial charge in [0, 0.05) is 23.8 Å². The van der Waals surface area contributed by atoms with Gasteiger partial charge in [0.05, 0.1) is 0 Å². The van der Waals surface area contributed by atoms with Gasteiger partial charge >= 0.3 is 6.03 Å². The summed E-state index contributed by atoms with van der Waals surface area (Å²) in [7, 11) is 0. The highest BCUT2D eigenvalue weighted by Gasteiger charge is 2.05. The summed E-state index contributed by atoms with van der Waals surface area (Å²) in [5.41, 5.74) is 1.28. The summed E-state index contributed by atoms with van der Waals surface area (Å²) in [6, 6.07) is 5.77. The summed E-state index contributed by atoms with van der Waals surface area (Å²) in [5.74, 6) is -0.171. The summed E-state index contributed by atoms with van der Waals surface area (Å²) in [6.45, 7) is 3.37. The molecule has 2 rings (SSSR count). The van der Waals surface area contributed by atoms with Crippen LogP contribution in [-0.4, -0.2) is 21.1 Å². The largest absolute Gasteiger partial charge is 0.506 e. The average molecular weight is 291 g/mol. The first-order valence-corrected chi connectivity index (χ1v) is 5.96. The average Bonchev–Trinajstić information content (AvgIpc) is 2.38. The van der Waals surface area contributed by atoms with E-state index in [-0.39, 0.29) is 16.6 Å². The third kappa shape index (κ3) is 3.69. The van der Waals surface area contributed by atoms with Crippen LogP contribution in [0.25, 0.3) is 5.76 Å². The van der Waals surface area contributed by atoms with E-state index in [0.717, 1.165) is 0 Å². The molecule has 2 amide bonds. The van der Waals surface area contributed by atoms with Crippen LogP contribution in [0.4, 0.5) is 16.2 Å². The molecule has 2 aromatic rings. The van der Waals surface area contributed by atoms with Gasteiger partial charge in [-0.1, -0.05) is 18.2 Å². The summed E-state index contributed by atoms with van der Waals surface area (Å²) in [4.78, 5) is 19.5. The molecular formula is C13H11ClN4O2. The predicted octanol–water partition coefficient (Wildman–Crippen LogP) is 3.30. The van der Waals surface area contributed by atoms with E-state index in [9.17, 15) is 9.90 Å². The van der Waals surface area contributed by atoms with Gasteiger partial charge in [0.25, 0.3) is 0 Å². The van der Waals surface area contributed by atoms with Crippen molar-refractivity contribution in [2.24, 2.45) is 0 Å². The number of urea groups is 1. The van der Waals surface area contributed by atoms with Crippen molar-refractivity contribution in [1.29, 1.82) is 0 Å². The molecule has 2 aromatic heterocycles. The number of nitrogens with zero attached hydrogens (tertiary/aromatic N) is 2. The summed E-state index contributed by atoms with van der Waals surface area (Å²) in [5, 5.41) is 14.7. The maximum atomic E-state index is 11.8. The van der Waals surface area contributed by atoms with Crippen LogP contribution >= 0.6 is 11.6 Å². The lowest BCUT2D eigenvalue weighted by molar-refractivity contribution is 0.262. The first kappa shape index (κ1) is 13.8. The van der Waals surface area contributed by atoms with Crippen molar-refractivity contribution in [2.75, 3.05) is 10.6 Å². The van der Waals surface area contributed by atoms with E-state index in [1.165, 1.54) is 24.5 Å². The molecule has 2 heterocycles. The quantitative estimate of drug-likeness (QED) is 0.598. The minimum absolute atomic E-state index is 0.171. The molecule has 0 saturated carbocycles. The number of rotatable bonds is 3. The van der Waals surface area contributed by atoms with E-state index < -0.39 is 6.03 Å². The number of aliphatic hydroxyl groups is 1. The summed E-state index contributed by atoms with van der Waals surface area (Å²) in [6.07, 6.45) is 2.94. The van der Waals surface area contributed by atoms with E-state index in [2.05, 4.69) is 27.2 Å². The Bertz CT molecular complexity index is 660. The van der Waals surface area contributed by atoms with Crippen LogP contribution in [-0.2, 0) is 0 Å². The Morgan fingerprint density at radius 2 is 1.75 bits per heavy atom. The lowest BCUT2D eigenvalue weighted by Gasteiger charge is -2.08. The molecule has 0 spiro atoms. The van der Waals surface area contributed by atoms with Gasteiger partial charge in [-0.25, -0.2) is 9.78 Å². The van der Waals surface area contributed by atoms with E-state index >= 15 is 0 Å². The first-order chi connectivity index (χ1) is 9.54. The molecule has 0 aliphatic rings. The topological polar surface area (TPSA) is 87.1 Å². The number of carbonyl (C=O) groups is 1. The lowest BCUT2D eigenvalue weighted by Crippen LogP contribution is -2.19. The second-order valence-corrected chi connectivity index (χ2v) is 4.21. The molecule has 0 aliphatic carbocycles. The molecule has 7 heteroatoms. The number of hydrogen-bond donors (Lipinski definition) is 3. The molecule has 0 aromatic carbocycles. The molecule has 102 valence electrons. The van der Waals surface area contributed by atoms with Crippen LogP contribution in [0.3, 0.4) is 0 Å². The van der Waals surface area contributed by atoms with Gasteiger partial charge < -0.3 is 15.7 Å². The van der Waals surface area contributed by atoms with Gasteiger partial charge in [-0.15, -0.1) is 0 Å². The van der Waals surface area contributed by atoms with Crippen LogP contribution in [0.15, 0.2) is 43.2 Å². The molecular weight excluding hydrogens is 280 g/mol. The second-order valence-electron chi connectivity index (χ2n) is 3.82. The summed E-state index contributed by atoms with van der Waals surface area (Å²) >= 11 is 5.72. The Kier molecular flexibility index (Phi) is 4.17. The highest BCUT2D eigenvalue weighted by Crippen LogP contribution is 2.15. The van der Waals surface area contributed by atoms with Gasteiger partial charge in [0.1, 0.15) is 16.6 Å².